The highest BCUT2D eigenvalue weighted by Gasteiger charge is 2.14. The third kappa shape index (κ3) is 5.19. The maximum Gasteiger partial charge on any atom is 0.303 e. The lowest BCUT2D eigenvalue weighted by atomic mass is 10.1. The second-order valence-corrected chi connectivity index (χ2v) is 8.75. The fourth-order valence-electron chi connectivity index (χ4n) is 4.39. The number of ether oxygens (including phenoxy) is 1. The van der Waals surface area contributed by atoms with Crippen molar-refractivity contribution in [2.24, 2.45) is 0 Å². The van der Waals surface area contributed by atoms with Gasteiger partial charge in [-0.1, -0.05) is 24.3 Å². The van der Waals surface area contributed by atoms with E-state index in [-0.39, 0.29) is 18.7 Å². The Hall–Kier alpha value is -4.73. The molecule has 0 aliphatic heterocycles. The number of benzene rings is 2. The maximum absolute atomic E-state index is 14.6. The molecule has 2 aromatic carbocycles. The van der Waals surface area contributed by atoms with Crippen LogP contribution in [-0.4, -0.2) is 44.2 Å². The molecule has 0 spiro atoms. The van der Waals surface area contributed by atoms with Gasteiger partial charge in [0.15, 0.2) is 11.7 Å². The minimum atomic E-state index is -0.893. The van der Waals surface area contributed by atoms with Crippen molar-refractivity contribution in [1.29, 1.82) is 0 Å². The first-order valence-corrected chi connectivity index (χ1v) is 12.1. The van der Waals surface area contributed by atoms with Gasteiger partial charge >= 0.3 is 5.97 Å². The minimum absolute atomic E-state index is 0.0315. The van der Waals surface area contributed by atoms with Gasteiger partial charge in [-0.15, -0.1) is 0 Å². The molecule has 3 heterocycles. The lowest BCUT2D eigenvalue weighted by Gasteiger charge is -2.12. The molecule has 5 rings (SSSR count). The minimum Gasteiger partial charge on any atom is -0.496 e. The first-order chi connectivity index (χ1) is 18.4. The van der Waals surface area contributed by atoms with E-state index < -0.39 is 5.97 Å². The molecule has 3 aromatic heterocycles. The van der Waals surface area contributed by atoms with Crippen molar-refractivity contribution in [3.63, 3.8) is 0 Å². The summed E-state index contributed by atoms with van der Waals surface area (Å²) in [6, 6.07) is 14.5. The van der Waals surface area contributed by atoms with Crippen LogP contribution in [0.15, 0.2) is 65.5 Å². The Morgan fingerprint density at radius 2 is 1.89 bits per heavy atom. The van der Waals surface area contributed by atoms with E-state index in [1.54, 1.807) is 19.4 Å². The van der Waals surface area contributed by atoms with Gasteiger partial charge in [0.25, 0.3) is 0 Å². The van der Waals surface area contributed by atoms with E-state index in [4.69, 9.17) is 14.3 Å². The summed E-state index contributed by atoms with van der Waals surface area (Å²) in [6.07, 6.45) is 3.30. The molecular weight excluding hydrogens is 489 g/mol. The molecule has 10 heteroatoms. The van der Waals surface area contributed by atoms with Gasteiger partial charge in [-0.3, -0.25) is 4.79 Å². The summed E-state index contributed by atoms with van der Waals surface area (Å²) in [5.41, 5.74) is 3.93. The highest BCUT2D eigenvalue weighted by atomic mass is 19.1. The van der Waals surface area contributed by atoms with Gasteiger partial charge in [-0.05, 0) is 25.1 Å². The molecule has 0 fully saturated rings. The van der Waals surface area contributed by atoms with Crippen LogP contribution in [0.4, 0.5) is 10.2 Å². The van der Waals surface area contributed by atoms with Crippen LogP contribution in [0.25, 0.3) is 33.5 Å². The van der Waals surface area contributed by atoms with Crippen molar-refractivity contribution in [3.8, 4) is 28.3 Å². The van der Waals surface area contributed by atoms with E-state index in [0.717, 1.165) is 27.9 Å². The molecule has 0 atom stereocenters. The molecule has 0 saturated carbocycles. The van der Waals surface area contributed by atoms with Gasteiger partial charge in [0, 0.05) is 47.8 Å². The van der Waals surface area contributed by atoms with Crippen LogP contribution in [0.2, 0.25) is 0 Å². The normalized spacial score (nSPS) is 11.1. The summed E-state index contributed by atoms with van der Waals surface area (Å²) >= 11 is 0. The van der Waals surface area contributed by atoms with Gasteiger partial charge in [0.2, 0.25) is 0 Å². The topological polar surface area (TPSA) is 115 Å². The van der Waals surface area contributed by atoms with E-state index >= 15 is 0 Å². The molecular formula is C28H26FN5O4. The van der Waals surface area contributed by atoms with Crippen molar-refractivity contribution in [2.45, 2.75) is 26.3 Å². The Morgan fingerprint density at radius 1 is 1.11 bits per heavy atom. The number of carboxylic acid groups (broad SMARTS) is 1. The molecule has 9 nitrogen and oxygen atoms in total. The van der Waals surface area contributed by atoms with Crippen LogP contribution >= 0.6 is 0 Å². The molecule has 2 N–H and O–H groups in total. The Morgan fingerprint density at radius 3 is 2.66 bits per heavy atom. The number of aliphatic carboxylic acids is 1. The Kier molecular flexibility index (Phi) is 7.03. The Bertz CT molecular complexity index is 1590. The van der Waals surface area contributed by atoms with Gasteiger partial charge in [-0.25, -0.2) is 19.3 Å². The maximum atomic E-state index is 14.6. The van der Waals surface area contributed by atoms with Gasteiger partial charge in [0.1, 0.15) is 23.7 Å². The van der Waals surface area contributed by atoms with Gasteiger partial charge in [-0.2, -0.15) is 0 Å². The monoisotopic (exact) mass is 515 g/mol. The third-order valence-electron chi connectivity index (χ3n) is 6.28. The number of aromatic nitrogens is 4. The second-order valence-electron chi connectivity index (χ2n) is 8.75. The zero-order valence-corrected chi connectivity index (χ0v) is 20.9. The number of carbonyl (C=O) groups is 1. The number of anilines is 1. The average molecular weight is 516 g/mol. The van der Waals surface area contributed by atoms with Crippen molar-refractivity contribution >= 4 is 22.7 Å². The van der Waals surface area contributed by atoms with Gasteiger partial charge in [0.05, 0.1) is 30.9 Å². The molecule has 38 heavy (non-hydrogen) atoms. The number of carboxylic acids is 1. The number of fused-ring (bicyclic) bond motifs is 1. The van der Waals surface area contributed by atoms with Crippen LogP contribution in [0.5, 0.6) is 5.75 Å². The molecule has 5 aromatic rings. The predicted molar refractivity (Wildman–Crippen MR) is 141 cm³/mol. The smallest absolute Gasteiger partial charge is 0.303 e. The molecule has 0 unspecified atom stereocenters. The molecule has 0 bridgehead atoms. The SMILES string of the molecule is COc1ccc(F)c2c1cc(C)n2CCNc1cc(-c2ccc(-c3cnc(CCC(=O)O)o3)cc2)ncn1. The lowest BCUT2D eigenvalue weighted by molar-refractivity contribution is -0.137. The summed E-state index contributed by atoms with van der Waals surface area (Å²) in [4.78, 5) is 23.6. The van der Waals surface area contributed by atoms with E-state index in [0.29, 0.717) is 41.8 Å². The molecule has 0 aliphatic rings. The Labute approximate surface area is 217 Å². The quantitative estimate of drug-likeness (QED) is 0.256. The van der Waals surface area contributed by atoms with Crippen molar-refractivity contribution in [3.05, 3.63) is 78.5 Å². The summed E-state index contributed by atoms with van der Waals surface area (Å²) in [7, 11) is 1.58. The standard InChI is InChI=1S/C28H26FN5O4/c1-17-13-20-23(37-2)8-7-21(29)28(20)34(17)12-11-30-25-14-22(32-16-33-25)18-3-5-19(6-4-18)24-15-31-26(38-24)9-10-27(35)36/h3-8,13-16H,9-12H2,1-2H3,(H,35,36)(H,30,32,33). The van der Waals surface area contributed by atoms with Gasteiger partial charge < -0.3 is 24.1 Å². The highest BCUT2D eigenvalue weighted by molar-refractivity contribution is 5.88. The van der Waals surface area contributed by atoms with Crippen LogP contribution < -0.4 is 10.1 Å². The van der Waals surface area contributed by atoms with E-state index in [1.807, 2.05) is 47.9 Å². The molecule has 0 radical (unpaired) electrons. The predicted octanol–water partition coefficient (Wildman–Crippen LogP) is 5.34. The van der Waals surface area contributed by atoms with Crippen molar-refractivity contribution < 1.29 is 23.4 Å². The fourth-order valence-corrected chi connectivity index (χ4v) is 4.39. The third-order valence-corrected chi connectivity index (χ3v) is 6.28. The summed E-state index contributed by atoms with van der Waals surface area (Å²) < 4.78 is 27.6. The molecule has 194 valence electrons. The molecule has 0 amide bonds. The Balaban J connectivity index is 1.26. The first kappa shape index (κ1) is 24.9. The zero-order chi connectivity index (χ0) is 26.6. The summed E-state index contributed by atoms with van der Waals surface area (Å²) in [5.74, 6) is 1.08. The average Bonchev–Trinajstić information content (AvgIpc) is 3.53. The fraction of sp³-hybridized carbons (Fsp3) is 0.214. The van der Waals surface area contributed by atoms with Crippen LogP contribution in [0.1, 0.15) is 18.0 Å². The summed E-state index contributed by atoms with van der Waals surface area (Å²) in [6.45, 7) is 3.02. The number of methoxy groups -OCH3 is 1. The van der Waals surface area contributed by atoms with E-state index in [1.165, 1.54) is 12.4 Å². The number of aryl methyl sites for hydroxylation is 2. The summed E-state index contributed by atoms with van der Waals surface area (Å²) in [5, 5.41) is 12.9. The number of rotatable bonds is 10. The molecule has 0 aliphatic carbocycles. The number of hydrogen-bond donors (Lipinski definition) is 2. The number of halogens is 1. The highest BCUT2D eigenvalue weighted by Crippen LogP contribution is 2.31. The first-order valence-electron chi connectivity index (χ1n) is 12.1. The largest absolute Gasteiger partial charge is 0.496 e. The van der Waals surface area contributed by atoms with Crippen LogP contribution in [-0.2, 0) is 17.8 Å². The van der Waals surface area contributed by atoms with Crippen LogP contribution in [0, 0.1) is 12.7 Å². The second kappa shape index (κ2) is 10.7. The number of oxazole rings is 1. The number of nitrogens with zero attached hydrogens (tertiary/aromatic N) is 4. The van der Waals surface area contributed by atoms with E-state index in [2.05, 4.69) is 20.3 Å². The number of nitrogens with one attached hydrogen (secondary N) is 1. The lowest BCUT2D eigenvalue weighted by Crippen LogP contribution is -2.13. The van der Waals surface area contributed by atoms with E-state index in [9.17, 15) is 9.18 Å². The van der Waals surface area contributed by atoms with Crippen molar-refractivity contribution in [1.82, 2.24) is 19.5 Å². The van der Waals surface area contributed by atoms with Crippen LogP contribution in [0.3, 0.4) is 0 Å². The zero-order valence-electron chi connectivity index (χ0n) is 20.9. The van der Waals surface area contributed by atoms with Crippen molar-refractivity contribution in [2.75, 3.05) is 19.0 Å². The number of hydrogen-bond acceptors (Lipinski definition) is 7. The molecule has 0 saturated heterocycles.